The molecule has 0 saturated carbocycles. The first kappa shape index (κ1) is 10.7. The van der Waals surface area contributed by atoms with Crippen molar-refractivity contribution < 1.29 is 9.53 Å². The zero-order valence-electron chi connectivity index (χ0n) is 8.08. The smallest absolute Gasteiger partial charge is 0.417 e. The molecule has 0 aromatic heterocycles. The van der Waals surface area contributed by atoms with Crippen LogP contribution in [0.2, 0.25) is 0 Å². The van der Waals surface area contributed by atoms with Crippen molar-refractivity contribution in [2.24, 2.45) is 5.92 Å². The number of nitrogens with one attached hydrogen (secondary N) is 1. The number of rotatable bonds is 2. The lowest BCUT2D eigenvalue weighted by molar-refractivity contribution is 0.178. The van der Waals surface area contributed by atoms with E-state index in [1.165, 1.54) is 32.1 Å². The fraction of sp³-hybridized carbons (Fsp3) is 0.875. The second-order valence-electron chi connectivity index (χ2n) is 3.30. The predicted octanol–water partition coefficient (Wildman–Crippen LogP) is 1.64. The maximum Gasteiger partial charge on any atom is 0.417 e. The molecule has 0 aliphatic carbocycles. The van der Waals surface area contributed by atoms with Crippen LogP contribution in [0.1, 0.15) is 19.8 Å². The lowest BCUT2D eigenvalue weighted by Crippen LogP contribution is -2.31. The van der Waals surface area contributed by atoms with Crippen LogP contribution in [-0.4, -0.2) is 30.6 Å². The molecule has 1 aliphatic rings. The van der Waals surface area contributed by atoms with Gasteiger partial charge in [-0.05, 0) is 18.8 Å². The van der Waals surface area contributed by atoms with Gasteiger partial charge in [-0.1, -0.05) is 6.92 Å². The van der Waals surface area contributed by atoms with Gasteiger partial charge in [-0.25, -0.2) is 9.10 Å². The average molecular weight is 204 g/mol. The molecule has 4 nitrogen and oxygen atoms in total. The normalized spacial score (nSPS) is 19.8. The summed E-state index contributed by atoms with van der Waals surface area (Å²) in [6, 6.07) is 0. The Balaban J connectivity index is 2.12. The number of carbonyl (C=O) groups excluding carboxylic acids is 1. The minimum atomic E-state index is -0.386. The lowest BCUT2D eigenvalue weighted by Gasteiger charge is -2.28. The van der Waals surface area contributed by atoms with Crippen LogP contribution in [0.15, 0.2) is 0 Å². The van der Waals surface area contributed by atoms with Crippen LogP contribution in [0.3, 0.4) is 0 Å². The van der Waals surface area contributed by atoms with E-state index < -0.39 is 0 Å². The molecule has 0 aromatic carbocycles. The highest BCUT2D eigenvalue weighted by molar-refractivity contribution is 7.95. The topological polar surface area (TPSA) is 41.6 Å². The molecule has 5 heteroatoms. The molecule has 1 saturated heterocycles. The van der Waals surface area contributed by atoms with E-state index in [1.807, 2.05) is 0 Å². The number of piperidine rings is 1. The minimum Gasteiger partial charge on any atom is -0.452 e. The molecule has 0 spiro atoms. The van der Waals surface area contributed by atoms with E-state index in [0.29, 0.717) is 0 Å². The Morgan fingerprint density at radius 3 is 2.69 bits per heavy atom. The monoisotopic (exact) mass is 204 g/mol. The van der Waals surface area contributed by atoms with Gasteiger partial charge < -0.3 is 4.74 Å². The second kappa shape index (κ2) is 5.34. The van der Waals surface area contributed by atoms with Gasteiger partial charge >= 0.3 is 6.09 Å². The van der Waals surface area contributed by atoms with Gasteiger partial charge in [0.1, 0.15) is 0 Å². The van der Waals surface area contributed by atoms with Crippen molar-refractivity contribution in [3.05, 3.63) is 0 Å². The molecule has 1 aliphatic heterocycles. The molecule has 0 unspecified atom stereocenters. The van der Waals surface area contributed by atoms with Crippen LogP contribution < -0.4 is 4.72 Å². The van der Waals surface area contributed by atoms with E-state index in [9.17, 15) is 4.79 Å². The fourth-order valence-electron chi connectivity index (χ4n) is 1.22. The third-order valence-electron chi connectivity index (χ3n) is 2.19. The zero-order chi connectivity index (χ0) is 9.68. The molecule has 1 fully saturated rings. The Morgan fingerprint density at radius 2 is 2.15 bits per heavy atom. The van der Waals surface area contributed by atoms with E-state index >= 15 is 0 Å². The van der Waals surface area contributed by atoms with Crippen LogP contribution >= 0.6 is 12.1 Å². The summed E-state index contributed by atoms with van der Waals surface area (Å²) in [5, 5.41) is 0. The van der Waals surface area contributed by atoms with E-state index in [1.54, 1.807) is 0 Å². The molecule has 1 N–H and O–H groups in total. The van der Waals surface area contributed by atoms with E-state index in [2.05, 4.69) is 20.7 Å². The Bertz CT molecular complexity index is 170. The molecule has 1 heterocycles. The standard InChI is InChI=1S/C8H16N2O2S/c1-7-3-5-10(6-4-7)13-9-8(11)12-2/h7H,3-6H2,1-2H3,(H,9,11). The summed E-state index contributed by atoms with van der Waals surface area (Å²) < 4.78 is 9.21. The second-order valence-corrected chi connectivity index (χ2v) is 4.20. The third kappa shape index (κ3) is 3.87. The average Bonchev–Trinajstić information content (AvgIpc) is 2.16. The minimum absolute atomic E-state index is 0.386. The van der Waals surface area contributed by atoms with E-state index in [-0.39, 0.29) is 6.09 Å². The number of nitrogens with zero attached hydrogens (tertiary/aromatic N) is 1. The summed E-state index contributed by atoms with van der Waals surface area (Å²) in [5.41, 5.74) is 0. The van der Waals surface area contributed by atoms with Gasteiger partial charge in [0.25, 0.3) is 0 Å². The molecule has 0 radical (unpaired) electrons. The maximum absolute atomic E-state index is 10.7. The highest BCUT2D eigenvalue weighted by Crippen LogP contribution is 2.20. The zero-order valence-corrected chi connectivity index (χ0v) is 8.89. The number of hydrogen-bond donors (Lipinski definition) is 1. The number of carbonyl (C=O) groups is 1. The number of amides is 1. The van der Waals surface area contributed by atoms with Crippen LogP contribution in [0.25, 0.3) is 0 Å². The molecule has 1 rings (SSSR count). The van der Waals surface area contributed by atoms with Gasteiger partial charge in [-0.3, -0.25) is 4.72 Å². The van der Waals surface area contributed by atoms with E-state index in [0.717, 1.165) is 19.0 Å². The summed E-state index contributed by atoms with van der Waals surface area (Å²) in [6.07, 6.45) is 2.02. The van der Waals surface area contributed by atoms with Crippen LogP contribution in [0.4, 0.5) is 4.79 Å². The van der Waals surface area contributed by atoms with Crippen molar-refractivity contribution in [1.82, 2.24) is 9.03 Å². The maximum atomic E-state index is 10.7. The Hall–Kier alpha value is -0.420. The summed E-state index contributed by atoms with van der Waals surface area (Å²) in [4.78, 5) is 10.7. The van der Waals surface area contributed by atoms with E-state index in [4.69, 9.17) is 0 Å². The first-order valence-corrected chi connectivity index (χ1v) is 5.25. The van der Waals surface area contributed by atoms with Crippen LogP contribution in [-0.2, 0) is 4.74 Å². The quantitative estimate of drug-likeness (QED) is 0.694. The Kier molecular flexibility index (Phi) is 4.38. The predicted molar refractivity (Wildman–Crippen MR) is 53.1 cm³/mol. The summed E-state index contributed by atoms with van der Waals surface area (Å²) in [6.45, 7) is 4.33. The van der Waals surface area contributed by atoms with Crippen LogP contribution in [0.5, 0.6) is 0 Å². The SMILES string of the molecule is COC(=O)NSN1CCC(C)CC1. The van der Waals surface area contributed by atoms with Gasteiger partial charge in [0.15, 0.2) is 0 Å². The van der Waals surface area contributed by atoms with Gasteiger partial charge in [0.05, 0.1) is 7.11 Å². The Labute approximate surface area is 83.3 Å². The first-order valence-electron chi connectivity index (χ1n) is 4.48. The Morgan fingerprint density at radius 1 is 1.54 bits per heavy atom. The summed E-state index contributed by atoms with van der Waals surface area (Å²) in [5.74, 6) is 0.815. The number of hydrogen-bond acceptors (Lipinski definition) is 4. The molecule has 76 valence electrons. The molecule has 13 heavy (non-hydrogen) atoms. The van der Waals surface area contributed by atoms with Crippen molar-refractivity contribution in [3.63, 3.8) is 0 Å². The molecule has 0 bridgehead atoms. The van der Waals surface area contributed by atoms with Crippen molar-refractivity contribution in [2.45, 2.75) is 19.8 Å². The van der Waals surface area contributed by atoms with Gasteiger partial charge in [-0.2, -0.15) is 0 Å². The fourth-order valence-corrected chi connectivity index (χ4v) is 1.90. The highest BCUT2D eigenvalue weighted by atomic mass is 32.2. The highest BCUT2D eigenvalue weighted by Gasteiger charge is 2.16. The number of ether oxygens (including phenoxy) is 1. The van der Waals surface area contributed by atoms with Gasteiger partial charge in [0.2, 0.25) is 0 Å². The van der Waals surface area contributed by atoms with Crippen molar-refractivity contribution in [3.8, 4) is 0 Å². The van der Waals surface area contributed by atoms with Crippen LogP contribution in [0, 0.1) is 5.92 Å². The van der Waals surface area contributed by atoms with Crippen molar-refractivity contribution >= 4 is 18.2 Å². The first-order chi connectivity index (χ1) is 6.22. The van der Waals surface area contributed by atoms with Crippen molar-refractivity contribution in [2.75, 3.05) is 20.2 Å². The lowest BCUT2D eigenvalue weighted by atomic mass is 10.0. The molecular weight excluding hydrogens is 188 g/mol. The summed E-state index contributed by atoms with van der Waals surface area (Å²) in [7, 11) is 1.37. The molecule has 0 aromatic rings. The third-order valence-corrected chi connectivity index (χ3v) is 3.07. The van der Waals surface area contributed by atoms with Gasteiger partial charge in [-0.15, -0.1) is 0 Å². The van der Waals surface area contributed by atoms with Crippen molar-refractivity contribution in [1.29, 1.82) is 0 Å². The molecular formula is C8H16N2O2S. The number of methoxy groups -OCH3 is 1. The molecule has 1 amide bonds. The summed E-state index contributed by atoms with van der Waals surface area (Å²) >= 11 is 1.34. The van der Waals surface area contributed by atoms with Gasteiger partial charge in [0, 0.05) is 25.2 Å². The molecule has 0 atom stereocenters. The largest absolute Gasteiger partial charge is 0.452 e.